The van der Waals surface area contributed by atoms with Crippen LogP contribution in [0.15, 0.2) is 54.6 Å². The van der Waals surface area contributed by atoms with Crippen molar-refractivity contribution < 1.29 is 14.4 Å². The predicted octanol–water partition coefficient (Wildman–Crippen LogP) is 4.14. The van der Waals surface area contributed by atoms with Gasteiger partial charge in [0.1, 0.15) is 0 Å². The number of amides is 3. The Bertz CT molecular complexity index is 901. The van der Waals surface area contributed by atoms with Crippen LogP contribution in [0.4, 0.5) is 0 Å². The van der Waals surface area contributed by atoms with Crippen molar-refractivity contribution in [3.63, 3.8) is 0 Å². The fourth-order valence-corrected chi connectivity index (χ4v) is 4.44. The fourth-order valence-electron chi connectivity index (χ4n) is 4.44. The monoisotopic (exact) mass is 406 g/mol. The van der Waals surface area contributed by atoms with Gasteiger partial charge in [-0.05, 0) is 43.9 Å². The van der Waals surface area contributed by atoms with Crippen LogP contribution < -0.4 is 0 Å². The molecule has 158 valence electrons. The molecule has 2 aromatic carbocycles. The van der Waals surface area contributed by atoms with E-state index in [1.165, 1.54) is 4.90 Å². The molecule has 2 atom stereocenters. The standard InChI is InChI=1S/C23H24N2O3.C2H6/c1-3-24(4-2)22(28)23(16-10-6-5-7-11-16)14-17(23)15-25-20(26)18-12-8-9-13-19(18)21(25)27;1-2/h5-13,17H,3-4,14-15H2,1-2H3;1-2H3/t17?,23-;/m1./s1. The maximum Gasteiger partial charge on any atom is 0.261 e. The van der Waals surface area contributed by atoms with E-state index in [0.717, 1.165) is 5.56 Å². The van der Waals surface area contributed by atoms with Crippen molar-refractivity contribution in [1.29, 1.82) is 0 Å². The maximum atomic E-state index is 13.4. The van der Waals surface area contributed by atoms with Crippen molar-refractivity contribution in [3.05, 3.63) is 71.3 Å². The highest BCUT2D eigenvalue weighted by atomic mass is 16.2. The summed E-state index contributed by atoms with van der Waals surface area (Å²) in [7, 11) is 0. The molecule has 1 unspecified atom stereocenters. The number of hydrogen-bond acceptors (Lipinski definition) is 3. The molecule has 30 heavy (non-hydrogen) atoms. The summed E-state index contributed by atoms with van der Waals surface area (Å²) in [6, 6.07) is 16.7. The van der Waals surface area contributed by atoms with Gasteiger partial charge in [-0.15, -0.1) is 0 Å². The summed E-state index contributed by atoms with van der Waals surface area (Å²) in [6.45, 7) is 9.50. The third-order valence-corrected chi connectivity index (χ3v) is 6.11. The van der Waals surface area contributed by atoms with E-state index in [1.54, 1.807) is 24.3 Å². The van der Waals surface area contributed by atoms with Crippen LogP contribution in [-0.4, -0.2) is 47.2 Å². The van der Waals surface area contributed by atoms with Gasteiger partial charge in [-0.3, -0.25) is 19.3 Å². The molecular formula is C25H30N2O3. The van der Waals surface area contributed by atoms with Gasteiger partial charge in [0, 0.05) is 19.6 Å². The molecular weight excluding hydrogens is 376 g/mol. The zero-order chi connectivity index (χ0) is 21.9. The molecule has 0 N–H and O–H groups in total. The van der Waals surface area contributed by atoms with Gasteiger partial charge in [0.25, 0.3) is 11.8 Å². The van der Waals surface area contributed by atoms with E-state index < -0.39 is 5.41 Å². The zero-order valence-corrected chi connectivity index (χ0v) is 18.2. The van der Waals surface area contributed by atoms with E-state index in [2.05, 4.69) is 0 Å². The highest BCUT2D eigenvalue weighted by Crippen LogP contribution is 2.56. The van der Waals surface area contributed by atoms with Crippen LogP contribution in [0, 0.1) is 5.92 Å². The first kappa shape index (κ1) is 21.8. The second-order valence-electron chi connectivity index (χ2n) is 7.48. The lowest BCUT2D eigenvalue weighted by Crippen LogP contribution is -2.42. The number of hydrogen-bond donors (Lipinski definition) is 0. The number of rotatable bonds is 6. The minimum absolute atomic E-state index is 0.0646. The van der Waals surface area contributed by atoms with E-state index in [0.29, 0.717) is 30.6 Å². The van der Waals surface area contributed by atoms with Gasteiger partial charge < -0.3 is 4.90 Å². The normalized spacial score (nSPS) is 21.6. The predicted molar refractivity (Wildman–Crippen MR) is 117 cm³/mol. The highest BCUT2D eigenvalue weighted by Gasteiger charge is 2.63. The second kappa shape index (κ2) is 8.82. The Morgan fingerprint density at radius 3 is 1.93 bits per heavy atom. The molecule has 2 aliphatic rings. The van der Waals surface area contributed by atoms with Gasteiger partial charge in [-0.2, -0.15) is 0 Å². The molecule has 5 heteroatoms. The van der Waals surface area contributed by atoms with Crippen LogP contribution in [0.25, 0.3) is 0 Å². The lowest BCUT2D eigenvalue weighted by molar-refractivity contribution is -0.134. The molecule has 0 saturated heterocycles. The van der Waals surface area contributed by atoms with Crippen LogP contribution in [0.1, 0.15) is 60.4 Å². The Kier molecular flexibility index (Phi) is 6.40. The van der Waals surface area contributed by atoms with E-state index >= 15 is 0 Å². The first-order chi connectivity index (χ1) is 14.5. The van der Waals surface area contributed by atoms with Crippen LogP contribution in [0.5, 0.6) is 0 Å². The van der Waals surface area contributed by atoms with Crippen molar-refractivity contribution in [2.24, 2.45) is 5.92 Å². The fraction of sp³-hybridized carbons (Fsp3) is 0.400. The van der Waals surface area contributed by atoms with Crippen molar-refractivity contribution in [2.75, 3.05) is 19.6 Å². The van der Waals surface area contributed by atoms with E-state index in [9.17, 15) is 14.4 Å². The molecule has 1 heterocycles. The summed E-state index contributed by atoms with van der Waals surface area (Å²) >= 11 is 0. The number of benzene rings is 2. The van der Waals surface area contributed by atoms with Crippen molar-refractivity contribution in [2.45, 2.75) is 39.5 Å². The molecule has 0 aromatic heterocycles. The van der Waals surface area contributed by atoms with Gasteiger partial charge in [0.05, 0.1) is 16.5 Å². The second-order valence-corrected chi connectivity index (χ2v) is 7.48. The maximum absolute atomic E-state index is 13.4. The average Bonchev–Trinajstić information content (AvgIpc) is 3.49. The van der Waals surface area contributed by atoms with Gasteiger partial charge in [-0.1, -0.05) is 56.3 Å². The Balaban J connectivity index is 0.00000124. The molecule has 1 aliphatic carbocycles. The molecule has 4 rings (SSSR count). The Hall–Kier alpha value is -2.95. The third kappa shape index (κ3) is 3.42. The van der Waals surface area contributed by atoms with E-state index in [4.69, 9.17) is 0 Å². The lowest BCUT2D eigenvalue weighted by atomic mass is 9.91. The molecule has 1 saturated carbocycles. The average molecular weight is 407 g/mol. The molecule has 3 amide bonds. The number of carbonyl (C=O) groups is 3. The number of fused-ring (bicyclic) bond motifs is 1. The number of imide groups is 1. The Labute approximate surface area is 178 Å². The van der Waals surface area contributed by atoms with E-state index in [-0.39, 0.29) is 30.2 Å². The van der Waals surface area contributed by atoms with Crippen LogP contribution >= 0.6 is 0 Å². The van der Waals surface area contributed by atoms with Crippen LogP contribution in [0.2, 0.25) is 0 Å². The third-order valence-electron chi connectivity index (χ3n) is 6.11. The smallest absolute Gasteiger partial charge is 0.261 e. The van der Waals surface area contributed by atoms with E-state index in [1.807, 2.05) is 62.9 Å². The minimum Gasteiger partial charge on any atom is -0.342 e. The van der Waals surface area contributed by atoms with Crippen LogP contribution in [0.3, 0.4) is 0 Å². The molecule has 5 nitrogen and oxygen atoms in total. The SMILES string of the molecule is CC.CCN(CC)C(=O)[C@@]1(c2ccccc2)CC1CN1C(=O)c2ccccc2C1=O. The summed E-state index contributed by atoms with van der Waals surface area (Å²) in [4.78, 5) is 42.0. The summed E-state index contributed by atoms with van der Waals surface area (Å²) in [5.74, 6) is -0.495. The Morgan fingerprint density at radius 1 is 0.933 bits per heavy atom. The first-order valence-corrected chi connectivity index (χ1v) is 10.8. The quantitative estimate of drug-likeness (QED) is 0.678. The Morgan fingerprint density at radius 2 is 1.43 bits per heavy atom. The van der Waals surface area contributed by atoms with Gasteiger partial charge in [-0.25, -0.2) is 0 Å². The number of nitrogens with zero attached hydrogens (tertiary/aromatic N) is 2. The van der Waals surface area contributed by atoms with Gasteiger partial charge in [0.15, 0.2) is 0 Å². The number of carbonyl (C=O) groups excluding carboxylic acids is 3. The van der Waals surface area contributed by atoms with Gasteiger partial charge in [0.2, 0.25) is 5.91 Å². The first-order valence-electron chi connectivity index (χ1n) is 10.8. The summed E-state index contributed by atoms with van der Waals surface area (Å²) in [5.41, 5.74) is 1.22. The molecule has 0 spiro atoms. The summed E-state index contributed by atoms with van der Waals surface area (Å²) in [6.07, 6.45) is 0.653. The minimum atomic E-state index is -0.650. The molecule has 0 radical (unpaired) electrons. The highest BCUT2D eigenvalue weighted by molar-refractivity contribution is 6.21. The molecule has 1 fully saturated rings. The molecule has 0 bridgehead atoms. The number of likely N-dealkylation sites (N-methyl/N-ethyl adjacent to an activating group) is 1. The summed E-state index contributed by atoms with van der Waals surface area (Å²) < 4.78 is 0. The van der Waals surface area contributed by atoms with Gasteiger partial charge >= 0.3 is 0 Å². The zero-order valence-electron chi connectivity index (χ0n) is 18.2. The molecule has 2 aromatic rings. The van der Waals surface area contributed by atoms with Crippen LogP contribution in [-0.2, 0) is 10.2 Å². The topological polar surface area (TPSA) is 57.7 Å². The van der Waals surface area contributed by atoms with Crippen molar-refractivity contribution in [3.8, 4) is 0 Å². The molecule has 1 aliphatic heterocycles. The summed E-state index contributed by atoms with van der Waals surface area (Å²) in [5, 5.41) is 0. The lowest BCUT2D eigenvalue weighted by Gasteiger charge is -2.27. The van der Waals surface area contributed by atoms with Crippen molar-refractivity contribution in [1.82, 2.24) is 9.80 Å². The largest absolute Gasteiger partial charge is 0.342 e. The van der Waals surface area contributed by atoms with Crippen molar-refractivity contribution >= 4 is 17.7 Å².